The predicted octanol–water partition coefficient (Wildman–Crippen LogP) is 11.9. The first-order chi connectivity index (χ1) is 26.5. The summed E-state index contributed by atoms with van der Waals surface area (Å²) in [6, 6.07) is 56.0. The number of rotatable bonds is 8. The Morgan fingerprint density at radius 2 is 1.02 bits per heavy atom. The molecule has 258 valence electrons. The summed E-state index contributed by atoms with van der Waals surface area (Å²) in [6.45, 7) is 10.3. The molecule has 0 aliphatic heterocycles. The molecular weight excluding hydrogens is 657 g/mol. The number of ketones is 1. The van der Waals surface area contributed by atoms with Gasteiger partial charge in [-0.05, 0) is 79.8 Å². The minimum atomic E-state index is -0.937. The standard InChI is InChI=1S/C52H38O2/c1-4-19-35(5-2)51(36-20-9-6-10-21-36)45-28-17-16-27-41(45)43-32-33-44(50(54)48(43)51)49(53)39-30-31-42-40-26-15-18-29-46(40)52(47(42)34(39)3,37-22-11-7-12-23-37)38-24-13-8-14-25-38/h4-33,54H,1-2H2,3H3. The molecule has 0 fully saturated rings. The summed E-state index contributed by atoms with van der Waals surface area (Å²) in [5.41, 5.74) is 12.3. The van der Waals surface area contributed by atoms with Gasteiger partial charge in [-0.2, -0.15) is 0 Å². The first kappa shape index (κ1) is 33.1. The van der Waals surface area contributed by atoms with Crippen molar-refractivity contribution in [3.63, 3.8) is 0 Å². The molecule has 9 rings (SSSR count). The highest BCUT2D eigenvalue weighted by Crippen LogP contribution is 2.61. The smallest absolute Gasteiger partial charge is 0.197 e. The van der Waals surface area contributed by atoms with E-state index in [1.807, 2.05) is 66.7 Å². The van der Waals surface area contributed by atoms with Crippen molar-refractivity contribution in [3.05, 3.63) is 256 Å². The van der Waals surface area contributed by atoms with E-state index in [-0.39, 0.29) is 17.1 Å². The van der Waals surface area contributed by atoms with Crippen LogP contribution in [0.5, 0.6) is 5.75 Å². The SMILES string of the molecule is C=CC=C(C=C)C1(c2ccccc2)c2ccccc2-c2ccc(C(=O)c3ccc4c(c3C)C(c3ccccc3)(c3ccccc3)c3ccccc3-4)c(O)c21. The maximum absolute atomic E-state index is 15.2. The molecule has 1 N–H and O–H groups in total. The Morgan fingerprint density at radius 3 is 1.59 bits per heavy atom. The first-order valence-electron chi connectivity index (χ1n) is 18.4. The van der Waals surface area contributed by atoms with Crippen molar-refractivity contribution >= 4 is 5.78 Å². The summed E-state index contributed by atoms with van der Waals surface area (Å²) in [5.74, 6) is -0.262. The number of hydrogen-bond acceptors (Lipinski definition) is 2. The van der Waals surface area contributed by atoms with Crippen molar-refractivity contribution in [3.8, 4) is 28.0 Å². The van der Waals surface area contributed by atoms with Crippen LogP contribution < -0.4 is 0 Å². The number of aromatic hydroxyl groups is 1. The summed E-state index contributed by atoms with van der Waals surface area (Å²) < 4.78 is 0. The van der Waals surface area contributed by atoms with Crippen LogP contribution in [0.2, 0.25) is 0 Å². The highest BCUT2D eigenvalue weighted by molar-refractivity contribution is 6.13. The maximum Gasteiger partial charge on any atom is 0.197 e. The lowest BCUT2D eigenvalue weighted by molar-refractivity contribution is 0.103. The monoisotopic (exact) mass is 694 g/mol. The largest absolute Gasteiger partial charge is 0.507 e. The molecule has 0 spiro atoms. The molecule has 0 saturated carbocycles. The normalized spacial score (nSPS) is 16.1. The van der Waals surface area contributed by atoms with Gasteiger partial charge in [-0.25, -0.2) is 0 Å². The van der Waals surface area contributed by atoms with Crippen molar-refractivity contribution in [1.82, 2.24) is 0 Å². The molecule has 0 saturated heterocycles. The molecule has 1 unspecified atom stereocenters. The highest BCUT2D eigenvalue weighted by atomic mass is 16.3. The van der Waals surface area contributed by atoms with Gasteiger partial charge >= 0.3 is 0 Å². The first-order valence-corrected chi connectivity index (χ1v) is 18.4. The Balaban J connectivity index is 1.31. The number of fused-ring (bicyclic) bond motifs is 6. The summed E-state index contributed by atoms with van der Waals surface area (Å²) in [7, 11) is 0. The molecule has 0 aromatic heterocycles. The number of hydrogen-bond donors (Lipinski definition) is 1. The van der Waals surface area contributed by atoms with Crippen molar-refractivity contribution in [2.45, 2.75) is 17.8 Å². The molecule has 0 bridgehead atoms. The Morgan fingerprint density at radius 1 is 0.537 bits per heavy atom. The highest BCUT2D eigenvalue weighted by Gasteiger charge is 2.50. The second-order valence-electron chi connectivity index (χ2n) is 14.1. The van der Waals surface area contributed by atoms with Gasteiger partial charge in [0.05, 0.1) is 16.4 Å². The summed E-state index contributed by atoms with van der Waals surface area (Å²) in [5, 5.41) is 12.7. The van der Waals surface area contributed by atoms with Crippen LogP contribution in [-0.2, 0) is 10.8 Å². The number of phenols is 1. The Labute approximate surface area is 316 Å². The Kier molecular flexibility index (Phi) is 7.79. The number of carbonyl (C=O) groups excluding carboxylic acids is 1. The van der Waals surface area contributed by atoms with E-state index in [9.17, 15) is 5.11 Å². The van der Waals surface area contributed by atoms with Crippen LogP contribution in [0.25, 0.3) is 22.3 Å². The minimum Gasteiger partial charge on any atom is -0.507 e. The Hall–Kier alpha value is -6.77. The number of carbonyl (C=O) groups is 1. The summed E-state index contributed by atoms with van der Waals surface area (Å²) >= 11 is 0. The third kappa shape index (κ3) is 4.37. The predicted molar refractivity (Wildman–Crippen MR) is 220 cm³/mol. The van der Waals surface area contributed by atoms with Crippen LogP contribution in [-0.4, -0.2) is 10.9 Å². The fraction of sp³-hybridized carbons (Fsp3) is 0.0577. The topological polar surface area (TPSA) is 37.3 Å². The van der Waals surface area contributed by atoms with E-state index < -0.39 is 10.8 Å². The van der Waals surface area contributed by atoms with Crippen LogP contribution in [0.4, 0.5) is 0 Å². The third-order valence-electron chi connectivity index (χ3n) is 11.7. The van der Waals surface area contributed by atoms with Crippen molar-refractivity contribution in [2.24, 2.45) is 0 Å². The van der Waals surface area contributed by atoms with E-state index in [1.165, 1.54) is 5.56 Å². The zero-order valence-corrected chi connectivity index (χ0v) is 30.1. The maximum atomic E-state index is 15.2. The van der Waals surface area contributed by atoms with Gasteiger partial charge in [0.15, 0.2) is 5.78 Å². The molecule has 0 amide bonds. The average Bonchev–Trinajstić information content (AvgIpc) is 3.71. The minimum absolute atomic E-state index is 0.0325. The van der Waals surface area contributed by atoms with Gasteiger partial charge in [0.2, 0.25) is 0 Å². The quantitative estimate of drug-likeness (QED) is 0.127. The van der Waals surface area contributed by atoms with Gasteiger partial charge in [-0.1, -0.05) is 189 Å². The van der Waals surface area contributed by atoms with Crippen LogP contribution >= 0.6 is 0 Å². The summed E-state index contributed by atoms with van der Waals surface area (Å²) in [6.07, 6.45) is 5.55. The van der Waals surface area contributed by atoms with E-state index in [2.05, 4.69) is 123 Å². The molecule has 1 atom stereocenters. The van der Waals surface area contributed by atoms with E-state index >= 15 is 4.79 Å². The Bertz CT molecular complexity index is 2630. The van der Waals surface area contributed by atoms with E-state index in [1.54, 1.807) is 12.1 Å². The lowest BCUT2D eigenvalue weighted by atomic mass is 9.66. The molecule has 2 aliphatic rings. The zero-order valence-electron chi connectivity index (χ0n) is 30.1. The fourth-order valence-electron chi connectivity index (χ4n) is 9.62. The molecule has 7 aromatic carbocycles. The molecule has 0 heterocycles. The molecule has 2 nitrogen and oxygen atoms in total. The zero-order chi connectivity index (χ0) is 37.0. The molecule has 2 aliphatic carbocycles. The van der Waals surface area contributed by atoms with Crippen molar-refractivity contribution in [2.75, 3.05) is 0 Å². The molecular formula is C52H38O2. The van der Waals surface area contributed by atoms with Gasteiger partial charge in [-0.3, -0.25) is 4.79 Å². The van der Waals surface area contributed by atoms with Crippen molar-refractivity contribution in [1.29, 1.82) is 0 Å². The van der Waals surface area contributed by atoms with Gasteiger partial charge < -0.3 is 5.11 Å². The van der Waals surface area contributed by atoms with E-state index in [0.717, 1.165) is 61.2 Å². The molecule has 0 radical (unpaired) electrons. The molecule has 54 heavy (non-hydrogen) atoms. The second kappa shape index (κ2) is 12.7. The van der Waals surface area contributed by atoms with Crippen LogP contribution in [0.15, 0.2) is 201 Å². The third-order valence-corrected chi connectivity index (χ3v) is 11.7. The lowest BCUT2D eigenvalue weighted by Gasteiger charge is -2.35. The van der Waals surface area contributed by atoms with Gasteiger partial charge in [0.1, 0.15) is 5.75 Å². The number of allylic oxidation sites excluding steroid dienone is 4. The fourth-order valence-corrected chi connectivity index (χ4v) is 9.62. The lowest BCUT2D eigenvalue weighted by Crippen LogP contribution is -2.30. The average molecular weight is 695 g/mol. The van der Waals surface area contributed by atoms with Gasteiger partial charge in [0, 0.05) is 11.1 Å². The number of phenolic OH excluding ortho intramolecular Hbond substituents is 1. The van der Waals surface area contributed by atoms with Crippen LogP contribution in [0.1, 0.15) is 60.4 Å². The molecule has 7 aromatic rings. The van der Waals surface area contributed by atoms with E-state index in [4.69, 9.17) is 0 Å². The van der Waals surface area contributed by atoms with Crippen molar-refractivity contribution < 1.29 is 9.90 Å². The van der Waals surface area contributed by atoms with Crippen LogP contribution in [0.3, 0.4) is 0 Å². The molecule has 2 heteroatoms. The van der Waals surface area contributed by atoms with E-state index in [0.29, 0.717) is 11.1 Å². The van der Waals surface area contributed by atoms with Crippen LogP contribution in [0, 0.1) is 6.92 Å². The van der Waals surface area contributed by atoms with Gasteiger partial charge in [-0.15, -0.1) is 0 Å². The second-order valence-corrected chi connectivity index (χ2v) is 14.1. The summed E-state index contributed by atoms with van der Waals surface area (Å²) in [4.78, 5) is 15.2. The number of benzene rings is 7. The van der Waals surface area contributed by atoms with Gasteiger partial charge in [0.25, 0.3) is 0 Å².